The van der Waals surface area contributed by atoms with Crippen LogP contribution in [0.1, 0.15) is 191 Å². The van der Waals surface area contributed by atoms with Gasteiger partial charge >= 0.3 is 20.2 Å². The minimum absolute atomic E-state index is 0.0238. The predicted molar refractivity (Wildman–Crippen MR) is 436 cm³/mol. The first-order valence-corrected chi connectivity index (χ1v) is 52.1. The number of aryl methyl sites for hydroxylation is 2. The van der Waals surface area contributed by atoms with Gasteiger partial charge in [0.1, 0.15) is 24.7 Å². The van der Waals surface area contributed by atoms with E-state index >= 15 is 0 Å². The van der Waals surface area contributed by atoms with E-state index in [9.17, 15) is 74.0 Å². The summed E-state index contributed by atoms with van der Waals surface area (Å²) in [6.07, 6.45) is 9.20. The second-order valence-electron chi connectivity index (χ2n) is 32.7. The van der Waals surface area contributed by atoms with Gasteiger partial charge in [0.2, 0.25) is 0 Å². The van der Waals surface area contributed by atoms with Crippen LogP contribution in [0, 0.1) is 46.3 Å². The van der Waals surface area contributed by atoms with E-state index in [-0.39, 0.29) is 49.5 Å². The summed E-state index contributed by atoms with van der Waals surface area (Å²) in [7, 11) is -10.1. The fourth-order valence-corrected chi connectivity index (χ4v) is 23.0. The lowest BCUT2D eigenvalue weighted by Gasteiger charge is -2.50. The van der Waals surface area contributed by atoms with Gasteiger partial charge in [0.05, 0.1) is 67.5 Å². The number of hydrogen-bond acceptors (Lipinski definition) is 29. The number of nitrogens with one attached hydrogen (secondary N) is 2. The number of ether oxygens (including phenoxy) is 8. The molecule has 0 aliphatic heterocycles. The number of hydrogen-bond donors (Lipinski definition) is 3. The number of rotatable bonds is 58. The summed E-state index contributed by atoms with van der Waals surface area (Å²) in [5.74, 6) is 7.63. The van der Waals surface area contributed by atoms with Crippen LogP contribution in [0.15, 0.2) is 36.4 Å². The van der Waals surface area contributed by atoms with E-state index in [0.29, 0.717) is 127 Å². The standard InChI is InChI=1S/2C39H66F3NO12P2S2/c2*1-37(2,39(40,41)42)53-21-7-20-52-36-14-13-35-34-11-9-30-26-31(10-12-32(30)33(34)15-16-38(35,36)3)51-22-18-43-17-6-24-58-59-25-23-50-19-5-8-29(27-54-56(44,45)46)28-55-57(47,48)49-4/h2*10,12,26,29,33-36,43H,5-9,11,13-25,27-28H2,1-4H3,(H,47,48)(H2,44,45,46)/p-5. The van der Waals surface area contributed by atoms with Gasteiger partial charge in [-0.2, -0.15) is 26.3 Å². The monoisotopic (exact) mass is 1840 g/mol. The zero-order chi connectivity index (χ0) is 86.3. The predicted octanol–water partition coefficient (Wildman–Crippen LogP) is 14.2. The third kappa shape index (κ3) is 35.0. The van der Waals surface area contributed by atoms with Gasteiger partial charge in [-0.05, 0) is 262 Å². The number of fused-ring (bicyclic) bond motifs is 10. The Morgan fingerprint density at radius 1 is 0.483 bits per heavy atom. The summed E-state index contributed by atoms with van der Waals surface area (Å²) in [5, 5.41) is 6.90. The van der Waals surface area contributed by atoms with E-state index in [4.69, 9.17) is 42.4 Å². The van der Waals surface area contributed by atoms with Crippen LogP contribution in [-0.4, -0.2) is 197 Å². The van der Waals surface area contributed by atoms with E-state index in [1.165, 1.54) is 22.3 Å². The topological polar surface area (TPSA) is 357 Å². The molecule has 0 aromatic heterocycles. The first kappa shape index (κ1) is 104. The highest BCUT2D eigenvalue weighted by Gasteiger charge is 2.57. The van der Waals surface area contributed by atoms with Gasteiger partial charge in [0.15, 0.2) is 11.2 Å². The molecular weight excluding hydrogens is 1710 g/mol. The average molecular weight is 1840 g/mol. The molecule has 684 valence electrons. The van der Waals surface area contributed by atoms with Gasteiger partial charge < -0.3 is 105 Å². The van der Waals surface area contributed by atoms with Crippen molar-refractivity contribution in [3.63, 3.8) is 0 Å². The number of phosphoric acid groups is 4. The minimum atomic E-state index is -5.19. The van der Waals surface area contributed by atoms with Crippen molar-refractivity contribution in [3.05, 3.63) is 58.7 Å². The summed E-state index contributed by atoms with van der Waals surface area (Å²) in [6.45, 7) is 14.6. The van der Waals surface area contributed by atoms with E-state index in [1.807, 2.05) is 0 Å². The molecule has 8 rings (SSSR count). The number of halogens is 6. The first-order chi connectivity index (χ1) is 55.7. The highest BCUT2D eigenvalue weighted by Crippen LogP contribution is 2.64. The summed E-state index contributed by atoms with van der Waals surface area (Å²) >= 11 is 0. The molecule has 2 aromatic rings. The molecule has 2 aromatic carbocycles. The van der Waals surface area contributed by atoms with E-state index in [2.05, 4.69) is 83.5 Å². The third-order valence-corrected chi connectivity index (χ3v) is 31.6. The van der Waals surface area contributed by atoms with E-state index in [0.717, 1.165) is 192 Å². The largest absolute Gasteiger partial charge is 0.790 e. The molecule has 4 saturated carbocycles. The van der Waals surface area contributed by atoms with Crippen molar-refractivity contribution < 1.29 is 139 Å². The van der Waals surface area contributed by atoms with Gasteiger partial charge in [-0.15, -0.1) is 0 Å². The molecular formula is C78H127F6N2O24P4S4-5. The molecule has 14 unspecified atom stereocenters. The summed E-state index contributed by atoms with van der Waals surface area (Å²) in [5.41, 5.74) is 1.60. The zero-order valence-electron chi connectivity index (χ0n) is 69.5. The van der Waals surface area contributed by atoms with Crippen molar-refractivity contribution in [2.45, 2.75) is 218 Å². The van der Waals surface area contributed by atoms with Crippen molar-refractivity contribution in [1.29, 1.82) is 0 Å². The Hall–Kier alpha value is -0.860. The van der Waals surface area contributed by atoms with Gasteiger partial charge in [0.25, 0.3) is 7.82 Å². The smallest absolute Gasteiger partial charge is 0.471 e. The van der Waals surface area contributed by atoms with Crippen LogP contribution in [0.4, 0.5) is 26.3 Å². The van der Waals surface area contributed by atoms with Crippen molar-refractivity contribution in [1.82, 2.24) is 10.6 Å². The summed E-state index contributed by atoms with van der Waals surface area (Å²) in [6, 6.07) is 13.2. The van der Waals surface area contributed by atoms with Gasteiger partial charge in [-0.3, -0.25) is 13.6 Å². The van der Waals surface area contributed by atoms with Crippen LogP contribution in [0.25, 0.3) is 0 Å². The van der Waals surface area contributed by atoms with Crippen LogP contribution in [0.2, 0.25) is 0 Å². The fourth-order valence-electron chi connectivity index (χ4n) is 17.3. The highest BCUT2D eigenvalue weighted by molar-refractivity contribution is 8.77. The van der Waals surface area contributed by atoms with E-state index < -0.39 is 79.9 Å². The van der Waals surface area contributed by atoms with Crippen molar-refractivity contribution in [2.24, 2.45) is 46.3 Å². The van der Waals surface area contributed by atoms with Gasteiger partial charge in [-0.25, -0.2) is 4.57 Å². The van der Waals surface area contributed by atoms with Crippen LogP contribution >= 0.6 is 74.5 Å². The molecule has 14 atom stereocenters. The first-order valence-electron chi connectivity index (χ1n) is 41.3. The number of alkyl halides is 6. The maximum atomic E-state index is 13.1. The molecule has 6 aliphatic carbocycles. The maximum Gasteiger partial charge on any atom is 0.471 e. The number of phosphoric ester groups is 4. The minimum Gasteiger partial charge on any atom is -0.790 e. The molecule has 4 fully saturated rings. The normalized spacial score (nSPS) is 24.9. The fraction of sp³-hybridized carbons (Fsp3) is 0.846. The van der Waals surface area contributed by atoms with Crippen LogP contribution in [-0.2, 0) is 86.7 Å². The molecule has 0 radical (unpaired) electrons. The molecule has 6 aliphatic rings. The lowest BCUT2D eigenvalue weighted by Crippen LogP contribution is -2.45. The lowest BCUT2D eigenvalue weighted by atomic mass is 9.55. The van der Waals surface area contributed by atoms with E-state index in [1.54, 1.807) is 43.2 Å². The van der Waals surface area contributed by atoms with Crippen molar-refractivity contribution >= 4 is 74.5 Å². The molecule has 40 heteroatoms. The second kappa shape index (κ2) is 50.2. The van der Waals surface area contributed by atoms with Gasteiger partial charge in [-0.1, -0.05) is 69.2 Å². The Labute approximate surface area is 709 Å². The molecule has 0 spiro atoms. The Morgan fingerprint density at radius 2 is 0.890 bits per heavy atom. The Balaban J connectivity index is 0.000000326. The highest BCUT2D eigenvalue weighted by atomic mass is 33.1. The quantitative estimate of drug-likeness (QED) is 0.0240. The lowest BCUT2D eigenvalue weighted by molar-refractivity contribution is -0.344. The summed E-state index contributed by atoms with van der Waals surface area (Å²) in [4.78, 5) is 64.1. The Kier molecular flexibility index (Phi) is 44.3. The second-order valence-corrected chi connectivity index (χ2v) is 43.5. The van der Waals surface area contributed by atoms with Crippen LogP contribution in [0.5, 0.6) is 11.5 Å². The molecule has 0 heterocycles. The Morgan fingerprint density at radius 3 is 1.29 bits per heavy atom. The maximum absolute atomic E-state index is 13.1. The molecule has 0 amide bonds. The van der Waals surface area contributed by atoms with Crippen LogP contribution in [0.3, 0.4) is 0 Å². The SMILES string of the molecule is COP(=O)(O)OCC(CCCOCCSSCCCNCCOc1ccc2c(c1)CCC1C2CCC2(C)C(OCCCOC(C)(C)C(F)(F)F)CCC12)COP(=O)([O-])[O-].COP(=O)([O-])OCC(CCCOCCSSCCCNCCOc1ccc2c(c1)CCC1C2CCC2(C)C(OCCCOC(C)(C)C(F)(F)F)CCC12)COP(=O)([O-])[O-]. The molecule has 0 bridgehead atoms. The zero-order valence-corrected chi connectivity index (χ0v) is 76.3. The molecule has 0 saturated heterocycles. The number of benzene rings is 2. The van der Waals surface area contributed by atoms with Crippen molar-refractivity contribution in [2.75, 3.05) is 156 Å². The third-order valence-electron chi connectivity index (χ3n) is 23.9. The van der Waals surface area contributed by atoms with Crippen molar-refractivity contribution in [3.8, 4) is 11.5 Å². The average Bonchev–Trinajstić information content (AvgIpc) is 1.54. The molecule has 26 nitrogen and oxygen atoms in total. The summed E-state index contributed by atoms with van der Waals surface area (Å²) < 4.78 is 196. The molecule has 118 heavy (non-hydrogen) atoms. The van der Waals surface area contributed by atoms with Gasteiger partial charge in [0, 0.05) is 102 Å². The Bertz CT molecular complexity index is 3240. The van der Waals surface area contributed by atoms with Crippen LogP contribution < -0.4 is 44.6 Å². The molecule has 3 N–H and O–H groups in total.